The van der Waals surface area contributed by atoms with E-state index in [1.807, 2.05) is 0 Å². The first kappa shape index (κ1) is 23.6. The molecule has 2 rings (SSSR count). The number of rotatable bonds is 8. The van der Waals surface area contributed by atoms with Crippen LogP contribution in [-0.4, -0.2) is 32.0 Å². The SMILES string of the molecule is COc1ccc(C(C[N+](=O)[O-])c2oc(CO[Si](C)(C)C(C)(C)C)cc(=O)c2O)cc1. The molecule has 0 fully saturated rings. The normalized spacial score (nSPS) is 13.1. The maximum atomic E-state index is 12.4. The van der Waals surface area contributed by atoms with E-state index in [9.17, 15) is 20.0 Å². The van der Waals surface area contributed by atoms with Gasteiger partial charge in [0.05, 0.1) is 13.7 Å². The van der Waals surface area contributed by atoms with Crippen LogP contribution < -0.4 is 10.2 Å². The lowest BCUT2D eigenvalue weighted by atomic mass is 9.95. The minimum Gasteiger partial charge on any atom is -0.502 e. The van der Waals surface area contributed by atoms with Gasteiger partial charge in [-0.05, 0) is 35.8 Å². The van der Waals surface area contributed by atoms with Gasteiger partial charge in [-0.1, -0.05) is 32.9 Å². The van der Waals surface area contributed by atoms with E-state index in [1.54, 1.807) is 24.3 Å². The van der Waals surface area contributed by atoms with Crippen molar-refractivity contribution in [3.8, 4) is 11.5 Å². The van der Waals surface area contributed by atoms with Crippen molar-refractivity contribution in [2.45, 2.75) is 51.4 Å². The second-order valence-corrected chi connectivity index (χ2v) is 13.5. The quantitative estimate of drug-likeness (QED) is 0.374. The van der Waals surface area contributed by atoms with Gasteiger partial charge in [-0.3, -0.25) is 14.9 Å². The van der Waals surface area contributed by atoms with Gasteiger partial charge in [0.25, 0.3) is 0 Å². The second-order valence-electron chi connectivity index (χ2n) is 8.68. The zero-order valence-corrected chi connectivity index (χ0v) is 19.2. The summed E-state index contributed by atoms with van der Waals surface area (Å²) in [6.07, 6.45) is 0. The van der Waals surface area contributed by atoms with Gasteiger partial charge in [-0.15, -0.1) is 0 Å². The van der Waals surface area contributed by atoms with Crippen LogP contribution in [0.1, 0.15) is 43.8 Å². The zero-order valence-electron chi connectivity index (χ0n) is 18.2. The van der Waals surface area contributed by atoms with Crippen molar-refractivity contribution in [3.63, 3.8) is 0 Å². The highest BCUT2D eigenvalue weighted by Gasteiger charge is 2.37. The van der Waals surface area contributed by atoms with Crippen LogP contribution >= 0.6 is 0 Å². The van der Waals surface area contributed by atoms with Crippen molar-refractivity contribution in [1.82, 2.24) is 0 Å². The van der Waals surface area contributed by atoms with Crippen molar-refractivity contribution in [1.29, 1.82) is 0 Å². The van der Waals surface area contributed by atoms with E-state index in [-0.39, 0.29) is 23.2 Å². The Morgan fingerprint density at radius 2 is 1.83 bits per heavy atom. The van der Waals surface area contributed by atoms with Crippen molar-refractivity contribution in [2.75, 3.05) is 13.7 Å². The average molecular weight is 436 g/mol. The Kier molecular flexibility index (Phi) is 7.09. The summed E-state index contributed by atoms with van der Waals surface area (Å²) in [5.74, 6) is -0.904. The van der Waals surface area contributed by atoms with E-state index in [2.05, 4.69) is 33.9 Å². The molecule has 8 nitrogen and oxygen atoms in total. The first-order valence-electron chi connectivity index (χ1n) is 9.61. The third-order valence-electron chi connectivity index (χ3n) is 5.55. The van der Waals surface area contributed by atoms with Crippen LogP contribution in [-0.2, 0) is 11.0 Å². The molecule has 1 unspecified atom stereocenters. The van der Waals surface area contributed by atoms with E-state index in [4.69, 9.17) is 13.6 Å². The smallest absolute Gasteiger partial charge is 0.227 e. The maximum Gasteiger partial charge on any atom is 0.227 e. The number of nitro groups is 1. The number of ether oxygens (including phenoxy) is 1. The predicted octanol–water partition coefficient (Wildman–Crippen LogP) is 4.28. The summed E-state index contributed by atoms with van der Waals surface area (Å²) in [7, 11) is -0.596. The van der Waals surface area contributed by atoms with Gasteiger partial charge in [0.15, 0.2) is 14.1 Å². The largest absolute Gasteiger partial charge is 0.502 e. The average Bonchev–Trinajstić information content (AvgIpc) is 2.66. The molecular weight excluding hydrogens is 406 g/mol. The fourth-order valence-electron chi connectivity index (χ4n) is 2.66. The Morgan fingerprint density at radius 3 is 2.33 bits per heavy atom. The van der Waals surface area contributed by atoms with Crippen LogP contribution in [0.15, 0.2) is 39.5 Å². The summed E-state index contributed by atoms with van der Waals surface area (Å²) in [6, 6.07) is 7.77. The van der Waals surface area contributed by atoms with Gasteiger partial charge in [-0.25, -0.2) is 0 Å². The molecule has 30 heavy (non-hydrogen) atoms. The van der Waals surface area contributed by atoms with Crippen LogP contribution in [0.25, 0.3) is 0 Å². The Morgan fingerprint density at radius 1 is 1.23 bits per heavy atom. The van der Waals surface area contributed by atoms with Crippen molar-refractivity contribution in [2.24, 2.45) is 0 Å². The molecule has 0 aliphatic carbocycles. The molecule has 1 atom stereocenters. The topological polar surface area (TPSA) is 112 Å². The molecule has 1 aromatic carbocycles. The molecule has 1 N–H and O–H groups in total. The Labute approximate surface area is 176 Å². The highest BCUT2D eigenvalue weighted by molar-refractivity contribution is 6.74. The van der Waals surface area contributed by atoms with Crippen LogP contribution in [0.4, 0.5) is 0 Å². The van der Waals surface area contributed by atoms with Crippen LogP contribution in [0.3, 0.4) is 0 Å². The number of methoxy groups -OCH3 is 1. The number of aromatic hydroxyl groups is 1. The molecule has 0 aliphatic heterocycles. The van der Waals surface area contributed by atoms with Gasteiger partial charge in [0, 0.05) is 11.0 Å². The van der Waals surface area contributed by atoms with Gasteiger partial charge in [-0.2, -0.15) is 0 Å². The molecule has 0 radical (unpaired) electrons. The van der Waals surface area contributed by atoms with E-state index < -0.39 is 36.9 Å². The molecule has 2 aromatic rings. The summed E-state index contributed by atoms with van der Waals surface area (Å²) in [4.78, 5) is 23.1. The fraction of sp³-hybridized carbons (Fsp3) is 0.476. The molecule has 0 spiro atoms. The first-order valence-corrected chi connectivity index (χ1v) is 12.5. The Bertz CT molecular complexity index is 945. The lowest BCUT2D eigenvalue weighted by Gasteiger charge is -2.35. The van der Waals surface area contributed by atoms with E-state index in [0.717, 1.165) is 0 Å². The third-order valence-corrected chi connectivity index (χ3v) is 10.0. The minimum atomic E-state index is -2.11. The molecule has 9 heteroatoms. The summed E-state index contributed by atoms with van der Waals surface area (Å²) < 4.78 is 17.0. The third kappa shape index (κ3) is 5.48. The van der Waals surface area contributed by atoms with Crippen molar-refractivity contribution in [3.05, 3.63) is 67.8 Å². The van der Waals surface area contributed by atoms with Crippen LogP contribution in [0.5, 0.6) is 11.5 Å². The van der Waals surface area contributed by atoms with Gasteiger partial charge < -0.3 is 18.7 Å². The maximum absolute atomic E-state index is 12.4. The van der Waals surface area contributed by atoms with E-state index in [1.165, 1.54) is 13.2 Å². The molecule has 0 saturated carbocycles. The molecule has 0 saturated heterocycles. The van der Waals surface area contributed by atoms with Crippen LogP contribution in [0.2, 0.25) is 18.1 Å². The lowest BCUT2D eigenvalue weighted by molar-refractivity contribution is -0.482. The first-order chi connectivity index (χ1) is 13.9. The zero-order chi connectivity index (χ0) is 22.7. The molecule has 164 valence electrons. The molecule has 1 heterocycles. The van der Waals surface area contributed by atoms with E-state index in [0.29, 0.717) is 11.3 Å². The molecule has 1 aromatic heterocycles. The molecule has 0 aliphatic rings. The fourth-order valence-corrected chi connectivity index (χ4v) is 3.59. The van der Waals surface area contributed by atoms with Crippen molar-refractivity contribution < 1.29 is 23.6 Å². The number of benzene rings is 1. The number of hydrogen-bond donors (Lipinski definition) is 1. The predicted molar refractivity (Wildman–Crippen MR) is 115 cm³/mol. The minimum absolute atomic E-state index is 0.0374. The highest BCUT2D eigenvalue weighted by atomic mass is 28.4. The molecule has 0 bridgehead atoms. The summed E-state index contributed by atoms with van der Waals surface area (Å²) in [5, 5.41) is 21.6. The second kappa shape index (κ2) is 9.01. The van der Waals surface area contributed by atoms with Gasteiger partial charge >= 0.3 is 0 Å². The highest BCUT2D eigenvalue weighted by Crippen LogP contribution is 2.37. The summed E-state index contributed by atoms with van der Waals surface area (Å²) in [5.41, 5.74) is -0.139. The summed E-state index contributed by atoms with van der Waals surface area (Å²) in [6.45, 7) is 9.91. The Balaban J connectivity index is 2.45. The Hall–Kier alpha value is -2.65. The van der Waals surface area contributed by atoms with Crippen molar-refractivity contribution >= 4 is 8.32 Å². The standard InChI is InChI=1S/C21H29NO7Si/c1-21(2,3)30(5,6)28-13-16-11-18(23)19(24)20(29-16)17(12-22(25)26)14-7-9-15(27-4)10-8-14/h7-11,17,24H,12-13H2,1-6H3. The lowest BCUT2D eigenvalue weighted by Crippen LogP contribution is -2.40. The van der Waals surface area contributed by atoms with Gasteiger partial charge in [0.2, 0.25) is 17.7 Å². The molecule has 0 amide bonds. The van der Waals surface area contributed by atoms with Crippen LogP contribution in [0, 0.1) is 10.1 Å². The number of hydrogen-bond acceptors (Lipinski definition) is 7. The number of nitrogens with zero attached hydrogens (tertiary/aromatic N) is 1. The molecular formula is C21H29NO7Si. The van der Waals surface area contributed by atoms with E-state index >= 15 is 0 Å². The summed E-state index contributed by atoms with van der Waals surface area (Å²) >= 11 is 0. The van der Waals surface area contributed by atoms with Gasteiger partial charge in [0.1, 0.15) is 17.4 Å². The monoisotopic (exact) mass is 435 g/mol.